The molecule has 0 atom stereocenters. The standard InChI is InChI=1S/C18H19ClN2O2/c19-16-5-1-14(2-6-16)13-20-9-11-21(12-10-20)17-7-3-15(4-8-17)18(22)23/h1-8H,9-13H2,(H,22,23). The number of halogens is 1. The molecule has 1 N–H and O–H groups in total. The lowest BCUT2D eigenvalue weighted by molar-refractivity contribution is -0.914. The summed E-state index contributed by atoms with van der Waals surface area (Å²) in [6, 6.07) is 15.0. The Hall–Kier alpha value is -2.04. The molecular weight excluding hydrogens is 312 g/mol. The number of carboxylic acids is 1. The van der Waals surface area contributed by atoms with Crippen LogP contribution in [0.15, 0.2) is 48.5 Å². The molecule has 0 aliphatic carbocycles. The molecule has 3 rings (SSSR count). The molecule has 0 spiro atoms. The highest BCUT2D eigenvalue weighted by Crippen LogP contribution is 2.15. The van der Waals surface area contributed by atoms with Crippen molar-refractivity contribution < 1.29 is 14.8 Å². The molecule has 1 saturated heterocycles. The first-order valence-electron chi connectivity index (χ1n) is 7.76. The van der Waals surface area contributed by atoms with Gasteiger partial charge in [0, 0.05) is 16.3 Å². The summed E-state index contributed by atoms with van der Waals surface area (Å²) in [5, 5.41) is 11.6. The largest absolute Gasteiger partial charge is 0.545 e. The summed E-state index contributed by atoms with van der Waals surface area (Å²) in [6.45, 7) is 5.06. The van der Waals surface area contributed by atoms with Crippen LogP contribution in [0.3, 0.4) is 0 Å². The lowest BCUT2D eigenvalue weighted by Crippen LogP contribution is -3.13. The van der Waals surface area contributed by atoms with Gasteiger partial charge in [0.1, 0.15) is 6.54 Å². The second kappa shape index (κ2) is 7.02. The Labute approximate surface area is 140 Å². The molecule has 0 bridgehead atoms. The summed E-state index contributed by atoms with van der Waals surface area (Å²) in [6.07, 6.45) is 0. The van der Waals surface area contributed by atoms with Gasteiger partial charge in [-0.15, -0.1) is 0 Å². The number of aromatic carboxylic acids is 1. The summed E-state index contributed by atoms with van der Waals surface area (Å²) in [5.41, 5.74) is 2.59. The monoisotopic (exact) mass is 330 g/mol. The molecule has 0 aromatic heterocycles. The normalized spacial score (nSPS) is 15.6. The summed E-state index contributed by atoms with van der Waals surface area (Å²) in [5.74, 6) is -1.13. The Morgan fingerprint density at radius 3 is 2.22 bits per heavy atom. The Kier molecular flexibility index (Phi) is 4.84. The van der Waals surface area contributed by atoms with E-state index in [2.05, 4.69) is 17.0 Å². The third-order valence-electron chi connectivity index (χ3n) is 4.31. The highest BCUT2D eigenvalue weighted by atomic mass is 35.5. The SMILES string of the molecule is O=C([O-])c1ccc(N2CC[NH+](Cc3ccc(Cl)cc3)CC2)cc1. The topological polar surface area (TPSA) is 47.8 Å². The van der Waals surface area contributed by atoms with Crippen LogP contribution in [0.2, 0.25) is 5.02 Å². The Balaban J connectivity index is 1.55. The average molecular weight is 331 g/mol. The van der Waals surface area contributed by atoms with Crippen molar-refractivity contribution in [1.29, 1.82) is 0 Å². The molecule has 0 unspecified atom stereocenters. The molecule has 0 radical (unpaired) electrons. The van der Waals surface area contributed by atoms with Gasteiger partial charge in [-0.3, -0.25) is 0 Å². The number of anilines is 1. The zero-order valence-corrected chi connectivity index (χ0v) is 13.6. The number of carbonyl (C=O) groups is 1. The Morgan fingerprint density at radius 1 is 1.04 bits per heavy atom. The number of hydrogen-bond donors (Lipinski definition) is 1. The number of piperazine rings is 1. The van der Waals surface area contributed by atoms with Crippen molar-refractivity contribution in [2.45, 2.75) is 6.54 Å². The Morgan fingerprint density at radius 2 is 1.65 bits per heavy atom. The third-order valence-corrected chi connectivity index (χ3v) is 4.56. The average Bonchev–Trinajstić information content (AvgIpc) is 2.58. The maximum absolute atomic E-state index is 10.8. The van der Waals surface area contributed by atoms with Crippen molar-refractivity contribution in [3.63, 3.8) is 0 Å². The number of hydrogen-bond acceptors (Lipinski definition) is 3. The van der Waals surface area contributed by atoms with Crippen LogP contribution in [0.25, 0.3) is 0 Å². The van der Waals surface area contributed by atoms with Gasteiger partial charge in [0.15, 0.2) is 0 Å². The van der Waals surface area contributed by atoms with Gasteiger partial charge in [-0.05, 0) is 29.8 Å². The number of benzene rings is 2. The van der Waals surface area contributed by atoms with E-state index in [-0.39, 0.29) is 5.56 Å². The van der Waals surface area contributed by atoms with Crippen molar-refractivity contribution in [2.75, 3.05) is 31.1 Å². The lowest BCUT2D eigenvalue weighted by atomic mass is 10.1. The lowest BCUT2D eigenvalue weighted by Gasteiger charge is -2.33. The smallest absolute Gasteiger partial charge is 0.103 e. The molecule has 0 amide bonds. The second-order valence-corrected chi connectivity index (χ2v) is 6.31. The molecule has 23 heavy (non-hydrogen) atoms. The fourth-order valence-corrected chi connectivity index (χ4v) is 3.08. The van der Waals surface area contributed by atoms with E-state index in [0.29, 0.717) is 0 Å². The highest BCUT2D eigenvalue weighted by molar-refractivity contribution is 6.30. The molecule has 2 aromatic rings. The van der Waals surface area contributed by atoms with Crippen molar-refractivity contribution in [3.8, 4) is 0 Å². The van der Waals surface area contributed by atoms with E-state index >= 15 is 0 Å². The molecule has 1 aliphatic heterocycles. The number of nitrogens with zero attached hydrogens (tertiary/aromatic N) is 1. The fourth-order valence-electron chi connectivity index (χ4n) is 2.96. The minimum atomic E-state index is -1.13. The van der Waals surface area contributed by atoms with E-state index in [1.807, 2.05) is 24.3 Å². The number of nitrogens with one attached hydrogen (secondary N) is 1. The minimum absolute atomic E-state index is 0.223. The van der Waals surface area contributed by atoms with Crippen LogP contribution < -0.4 is 14.9 Å². The molecule has 120 valence electrons. The molecule has 1 heterocycles. The maximum atomic E-state index is 10.8. The first kappa shape index (κ1) is 15.8. The molecule has 2 aromatic carbocycles. The van der Waals surface area contributed by atoms with Gasteiger partial charge >= 0.3 is 0 Å². The van der Waals surface area contributed by atoms with Crippen molar-refractivity contribution in [3.05, 3.63) is 64.7 Å². The van der Waals surface area contributed by atoms with Gasteiger partial charge in [-0.2, -0.15) is 0 Å². The first-order valence-corrected chi connectivity index (χ1v) is 8.14. The van der Waals surface area contributed by atoms with Crippen LogP contribution in [-0.2, 0) is 6.54 Å². The van der Waals surface area contributed by atoms with E-state index in [0.717, 1.165) is 43.4 Å². The van der Waals surface area contributed by atoms with E-state index in [4.69, 9.17) is 11.6 Å². The quantitative estimate of drug-likeness (QED) is 0.893. The van der Waals surface area contributed by atoms with E-state index in [1.54, 1.807) is 17.0 Å². The van der Waals surface area contributed by atoms with Crippen LogP contribution >= 0.6 is 11.6 Å². The fraction of sp³-hybridized carbons (Fsp3) is 0.278. The summed E-state index contributed by atoms with van der Waals surface area (Å²) in [4.78, 5) is 14.6. The third kappa shape index (κ3) is 4.03. The van der Waals surface area contributed by atoms with Crippen LogP contribution in [0, 0.1) is 0 Å². The molecule has 4 nitrogen and oxygen atoms in total. The molecule has 5 heteroatoms. The van der Waals surface area contributed by atoms with E-state index < -0.39 is 5.97 Å². The Bertz CT molecular complexity index is 662. The zero-order valence-electron chi connectivity index (χ0n) is 12.8. The predicted octanol–water partition coefficient (Wildman–Crippen LogP) is 0.609. The van der Waals surface area contributed by atoms with Gasteiger partial charge in [0.25, 0.3) is 0 Å². The molecular formula is C18H19ClN2O2. The number of quaternary nitrogens is 1. The summed E-state index contributed by atoms with van der Waals surface area (Å²) < 4.78 is 0. The van der Waals surface area contributed by atoms with Gasteiger partial charge in [-0.1, -0.05) is 35.9 Å². The van der Waals surface area contributed by atoms with Crippen LogP contribution in [0.5, 0.6) is 0 Å². The van der Waals surface area contributed by atoms with Crippen LogP contribution in [0.1, 0.15) is 15.9 Å². The van der Waals surface area contributed by atoms with Gasteiger partial charge in [0.2, 0.25) is 0 Å². The van der Waals surface area contributed by atoms with E-state index in [9.17, 15) is 9.90 Å². The number of carbonyl (C=O) groups excluding carboxylic acids is 1. The van der Waals surface area contributed by atoms with Gasteiger partial charge in [0.05, 0.1) is 32.1 Å². The van der Waals surface area contributed by atoms with E-state index in [1.165, 1.54) is 5.56 Å². The highest BCUT2D eigenvalue weighted by Gasteiger charge is 2.20. The van der Waals surface area contributed by atoms with Crippen LogP contribution in [-0.4, -0.2) is 32.1 Å². The van der Waals surface area contributed by atoms with Crippen molar-refractivity contribution in [1.82, 2.24) is 0 Å². The van der Waals surface area contributed by atoms with Crippen LogP contribution in [0.4, 0.5) is 5.69 Å². The van der Waals surface area contributed by atoms with Crippen molar-refractivity contribution in [2.24, 2.45) is 0 Å². The minimum Gasteiger partial charge on any atom is -0.545 e. The predicted molar refractivity (Wildman–Crippen MR) is 88.8 cm³/mol. The zero-order chi connectivity index (χ0) is 16.2. The number of rotatable bonds is 4. The summed E-state index contributed by atoms with van der Waals surface area (Å²) >= 11 is 5.92. The first-order chi connectivity index (χ1) is 11.1. The van der Waals surface area contributed by atoms with Gasteiger partial charge in [-0.25, -0.2) is 0 Å². The molecule has 1 aliphatic rings. The maximum Gasteiger partial charge on any atom is 0.103 e. The van der Waals surface area contributed by atoms with Gasteiger partial charge < -0.3 is 19.7 Å². The summed E-state index contributed by atoms with van der Waals surface area (Å²) in [7, 11) is 0. The number of carboxylic acid groups (broad SMARTS) is 1. The second-order valence-electron chi connectivity index (χ2n) is 5.87. The van der Waals surface area contributed by atoms with Crippen molar-refractivity contribution >= 4 is 23.3 Å². The molecule has 1 fully saturated rings. The molecule has 0 saturated carbocycles.